The Morgan fingerprint density at radius 1 is 1.50 bits per heavy atom. The molecule has 2 saturated heterocycles. The highest BCUT2D eigenvalue weighted by molar-refractivity contribution is 8.14. The molecule has 1 aromatic heterocycles. The Hall–Kier alpha value is -1.09. The van der Waals surface area contributed by atoms with E-state index in [4.69, 9.17) is 4.74 Å². The lowest BCUT2D eigenvalue weighted by Crippen LogP contribution is -2.47. The van der Waals surface area contributed by atoms with Crippen molar-refractivity contribution in [3.05, 3.63) is 22.4 Å². The summed E-state index contributed by atoms with van der Waals surface area (Å²) in [7, 11) is 0. The standard InChI is InChI=1S/C14H19N3O3S2/c18-13(10-9-22-14(19)16-10)15-8-11(12-2-1-7-21-12)17-3-5-20-6-4-17/h1-2,7,10-11H,3-6,8-9H2,(H,15,18)(H,16,19). The molecule has 2 aliphatic heterocycles. The second kappa shape index (κ2) is 7.45. The lowest BCUT2D eigenvalue weighted by Gasteiger charge is -2.34. The highest BCUT2D eigenvalue weighted by Gasteiger charge is 2.29. The number of ether oxygens (including phenoxy) is 1. The first-order valence-electron chi connectivity index (χ1n) is 7.30. The van der Waals surface area contributed by atoms with Crippen LogP contribution in [0.3, 0.4) is 0 Å². The van der Waals surface area contributed by atoms with Crippen LogP contribution in [0.5, 0.6) is 0 Å². The van der Waals surface area contributed by atoms with Gasteiger partial charge >= 0.3 is 0 Å². The quantitative estimate of drug-likeness (QED) is 0.838. The average Bonchev–Trinajstić information content (AvgIpc) is 3.20. The Kier molecular flexibility index (Phi) is 5.35. The molecule has 2 unspecified atom stereocenters. The van der Waals surface area contributed by atoms with E-state index in [1.165, 1.54) is 4.88 Å². The van der Waals surface area contributed by atoms with Crippen LogP contribution in [0.1, 0.15) is 10.9 Å². The number of thiophene rings is 1. The van der Waals surface area contributed by atoms with Crippen molar-refractivity contribution >= 4 is 34.2 Å². The van der Waals surface area contributed by atoms with Crippen molar-refractivity contribution in [1.29, 1.82) is 0 Å². The van der Waals surface area contributed by atoms with E-state index in [0.29, 0.717) is 12.3 Å². The van der Waals surface area contributed by atoms with E-state index < -0.39 is 6.04 Å². The topological polar surface area (TPSA) is 70.7 Å². The van der Waals surface area contributed by atoms with Gasteiger partial charge in [-0.3, -0.25) is 14.5 Å². The Morgan fingerprint density at radius 3 is 2.95 bits per heavy atom. The highest BCUT2D eigenvalue weighted by Crippen LogP contribution is 2.25. The van der Waals surface area contributed by atoms with Crippen molar-refractivity contribution in [2.45, 2.75) is 12.1 Å². The summed E-state index contributed by atoms with van der Waals surface area (Å²) < 4.78 is 5.41. The summed E-state index contributed by atoms with van der Waals surface area (Å²) in [5.74, 6) is 0.402. The van der Waals surface area contributed by atoms with Gasteiger partial charge in [-0.2, -0.15) is 0 Å². The van der Waals surface area contributed by atoms with Crippen molar-refractivity contribution < 1.29 is 14.3 Å². The fourth-order valence-electron chi connectivity index (χ4n) is 2.63. The molecule has 6 nitrogen and oxygen atoms in total. The van der Waals surface area contributed by atoms with Gasteiger partial charge < -0.3 is 15.4 Å². The van der Waals surface area contributed by atoms with Gasteiger partial charge in [0.2, 0.25) is 5.91 Å². The van der Waals surface area contributed by atoms with Gasteiger partial charge in [0.15, 0.2) is 0 Å². The molecule has 2 atom stereocenters. The minimum atomic E-state index is -0.411. The molecule has 1 aromatic rings. The first-order chi connectivity index (χ1) is 10.7. The molecule has 0 bridgehead atoms. The van der Waals surface area contributed by atoms with E-state index in [-0.39, 0.29) is 17.2 Å². The van der Waals surface area contributed by atoms with Gasteiger partial charge in [-0.25, -0.2) is 0 Å². The molecule has 22 heavy (non-hydrogen) atoms. The van der Waals surface area contributed by atoms with Crippen LogP contribution in [0, 0.1) is 0 Å². The van der Waals surface area contributed by atoms with Crippen molar-refractivity contribution in [3.8, 4) is 0 Å². The number of morpholine rings is 1. The van der Waals surface area contributed by atoms with Gasteiger partial charge in [0.25, 0.3) is 5.24 Å². The molecule has 2 amide bonds. The van der Waals surface area contributed by atoms with Crippen LogP contribution in [0.15, 0.2) is 17.5 Å². The molecule has 3 rings (SSSR count). The molecule has 0 spiro atoms. The monoisotopic (exact) mass is 341 g/mol. The van der Waals surface area contributed by atoms with Crippen LogP contribution in [-0.2, 0) is 9.53 Å². The average molecular weight is 341 g/mol. The molecule has 2 aliphatic rings. The third-order valence-electron chi connectivity index (χ3n) is 3.82. The maximum atomic E-state index is 12.2. The zero-order valence-corrected chi connectivity index (χ0v) is 13.8. The number of rotatable bonds is 5. The lowest BCUT2D eigenvalue weighted by molar-refractivity contribution is -0.122. The number of hydrogen-bond donors (Lipinski definition) is 2. The zero-order chi connectivity index (χ0) is 15.4. The van der Waals surface area contributed by atoms with Crippen LogP contribution < -0.4 is 10.6 Å². The van der Waals surface area contributed by atoms with Gasteiger partial charge in [-0.15, -0.1) is 11.3 Å². The molecular formula is C14H19N3O3S2. The van der Waals surface area contributed by atoms with Gasteiger partial charge in [0.1, 0.15) is 6.04 Å². The summed E-state index contributed by atoms with van der Waals surface area (Å²) in [4.78, 5) is 26.9. The van der Waals surface area contributed by atoms with Crippen LogP contribution in [0.4, 0.5) is 4.79 Å². The normalized spacial score (nSPS) is 24.0. The second-order valence-corrected chi connectivity index (χ2v) is 7.19. The maximum Gasteiger partial charge on any atom is 0.279 e. The Bertz CT molecular complexity index is 517. The number of hydrogen-bond acceptors (Lipinski definition) is 6. The zero-order valence-electron chi connectivity index (χ0n) is 12.1. The fourth-order valence-corrected chi connectivity index (χ4v) is 4.27. The van der Waals surface area contributed by atoms with E-state index in [9.17, 15) is 9.59 Å². The van der Waals surface area contributed by atoms with E-state index in [1.54, 1.807) is 11.3 Å². The summed E-state index contributed by atoms with van der Waals surface area (Å²) in [6.07, 6.45) is 0. The molecule has 0 radical (unpaired) electrons. The lowest BCUT2D eigenvalue weighted by atomic mass is 10.1. The molecule has 3 heterocycles. The van der Waals surface area contributed by atoms with Crippen LogP contribution >= 0.6 is 23.1 Å². The minimum Gasteiger partial charge on any atom is -0.379 e. The molecule has 0 saturated carbocycles. The summed E-state index contributed by atoms with van der Waals surface area (Å²) >= 11 is 2.86. The highest BCUT2D eigenvalue weighted by atomic mass is 32.2. The smallest absolute Gasteiger partial charge is 0.279 e. The van der Waals surface area contributed by atoms with Gasteiger partial charge in [0, 0.05) is 30.3 Å². The first kappa shape index (κ1) is 15.8. The molecule has 2 N–H and O–H groups in total. The van der Waals surface area contributed by atoms with Crippen LogP contribution in [0.2, 0.25) is 0 Å². The van der Waals surface area contributed by atoms with E-state index in [2.05, 4.69) is 27.0 Å². The van der Waals surface area contributed by atoms with Crippen molar-refractivity contribution in [2.24, 2.45) is 0 Å². The van der Waals surface area contributed by atoms with Gasteiger partial charge in [0.05, 0.1) is 19.3 Å². The predicted molar refractivity (Wildman–Crippen MR) is 87.2 cm³/mol. The number of carbonyl (C=O) groups excluding carboxylic acids is 2. The van der Waals surface area contributed by atoms with Crippen molar-refractivity contribution in [3.63, 3.8) is 0 Å². The second-order valence-electron chi connectivity index (χ2n) is 5.22. The van der Waals surface area contributed by atoms with E-state index >= 15 is 0 Å². The number of amides is 2. The van der Waals surface area contributed by atoms with Crippen molar-refractivity contribution in [1.82, 2.24) is 15.5 Å². The maximum absolute atomic E-state index is 12.2. The molecule has 120 valence electrons. The van der Waals surface area contributed by atoms with Gasteiger partial charge in [-0.05, 0) is 11.4 Å². The molecule has 2 fully saturated rings. The van der Waals surface area contributed by atoms with E-state index in [1.807, 2.05) is 6.07 Å². The third-order valence-corrected chi connectivity index (χ3v) is 5.67. The number of nitrogens with one attached hydrogen (secondary N) is 2. The summed E-state index contributed by atoms with van der Waals surface area (Å²) in [5, 5.41) is 7.59. The number of carbonyl (C=O) groups is 2. The summed E-state index contributed by atoms with van der Waals surface area (Å²) in [5.41, 5.74) is 0. The largest absolute Gasteiger partial charge is 0.379 e. The van der Waals surface area contributed by atoms with Crippen LogP contribution in [-0.4, -0.2) is 60.7 Å². The summed E-state index contributed by atoms with van der Waals surface area (Å²) in [6, 6.07) is 3.89. The van der Waals surface area contributed by atoms with Crippen LogP contribution in [0.25, 0.3) is 0 Å². The Balaban J connectivity index is 1.60. The summed E-state index contributed by atoms with van der Waals surface area (Å²) in [6.45, 7) is 3.75. The number of thioether (sulfide) groups is 1. The van der Waals surface area contributed by atoms with E-state index in [0.717, 1.165) is 38.1 Å². The molecule has 8 heteroatoms. The first-order valence-corrected chi connectivity index (χ1v) is 9.17. The molecule has 0 aliphatic carbocycles. The fraction of sp³-hybridized carbons (Fsp3) is 0.571. The minimum absolute atomic E-state index is 0.104. The Labute approximate surface area is 137 Å². The van der Waals surface area contributed by atoms with Crippen molar-refractivity contribution in [2.75, 3.05) is 38.6 Å². The Morgan fingerprint density at radius 2 is 2.32 bits per heavy atom. The third kappa shape index (κ3) is 3.81. The number of nitrogens with zero attached hydrogens (tertiary/aromatic N) is 1. The predicted octanol–water partition coefficient (Wildman–Crippen LogP) is 1.06. The molecule has 0 aromatic carbocycles. The van der Waals surface area contributed by atoms with Gasteiger partial charge in [-0.1, -0.05) is 17.8 Å². The SMILES string of the molecule is O=C1NC(C(=O)NCC(c2cccs2)N2CCOCC2)CS1. The molecular weight excluding hydrogens is 322 g/mol.